The number of nitrogens with two attached hydrogens (primary N) is 1. The van der Waals surface area contributed by atoms with E-state index < -0.39 is 28.8 Å². The lowest BCUT2D eigenvalue weighted by atomic mass is 10.1. The number of halogens is 2. The van der Waals surface area contributed by atoms with Crippen LogP contribution in [-0.2, 0) is 0 Å². The summed E-state index contributed by atoms with van der Waals surface area (Å²) < 4.78 is 34.3. The molecule has 1 aliphatic rings. The molecule has 1 aromatic heterocycles. The van der Waals surface area contributed by atoms with Gasteiger partial charge in [0.05, 0.1) is 12.6 Å². The van der Waals surface area contributed by atoms with Crippen molar-refractivity contribution < 1.29 is 18.3 Å². The Morgan fingerprint density at radius 3 is 2.69 bits per heavy atom. The van der Waals surface area contributed by atoms with Gasteiger partial charge in [0.25, 0.3) is 5.91 Å². The Morgan fingerprint density at radius 1 is 1.42 bits per heavy atom. The molecule has 1 aromatic carbocycles. The zero-order valence-corrected chi connectivity index (χ0v) is 14.1. The molecule has 0 saturated carbocycles. The van der Waals surface area contributed by atoms with Crippen LogP contribution in [0.25, 0.3) is 5.69 Å². The molecule has 26 heavy (non-hydrogen) atoms. The van der Waals surface area contributed by atoms with E-state index in [1.54, 1.807) is 6.20 Å². The van der Waals surface area contributed by atoms with E-state index in [4.69, 9.17) is 10.5 Å². The molecule has 1 aliphatic heterocycles. The number of methoxy groups -OCH3 is 1. The minimum atomic E-state index is -0.892. The number of anilines is 1. The number of hydrogen-bond donors (Lipinski definition) is 4. The Kier molecular flexibility index (Phi) is 4.51. The van der Waals surface area contributed by atoms with Crippen LogP contribution in [0.4, 0.5) is 14.7 Å². The van der Waals surface area contributed by atoms with Crippen molar-refractivity contribution in [3.05, 3.63) is 47.9 Å². The van der Waals surface area contributed by atoms with E-state index in [0.29, 0.717) is 0 Å². The lowest BCUT2D eigenvalue weighted by molar-refractivity contribution is 0.0941. The second kappa shape index (κ2) is 6.64. The molecule has 2 heterocycles. The van der Waals surface area contributed by atoms with E-state index in [0.717, 1.165) is 16.7 Å². The maximum atomic E-state index is 14.2. The van der Waals surface area contributed by atoms with Gasteiger partial charge in [0.15, 0.2) is 11.6 Å². The van der Waals surface area contributed by atoms with Gasteiger partial charge in [-0.1, -0.05) is 0 Å². The molecule has 138 valence electrons. The van der Waals surface area contributed by atoms with Gasteiger partial charge in [-0.3, -0.25) is 9.36 Å². The van der Waals surface area contributed by atoms with Crippen molar-refractivity contribution in [3.63, 3.8) is 0 Å². The van der Waals surface area contributed by atoms with E-state index in [2.05, 4.69) is 21.2 Å². The highest BCUT2D eigenvalue weighted by Crippen LogP contribution is 2.26. The Hall–Kier alpha value is -3.14. The number of aromatic nitrogens is 2. The Morgan fingerprint density at radius 2 is 2.12 bits per heavy atom. The van der Waals surface area contributed by atoms with Crippen LogP contribution in [0.2, 0.25) is 0 Å². The van der Waals surface area contributed by atoms with Crippen LogP contribution in [0.5, 0.6) is 5.75 Å². The second-order valence-corrected chi connectivity index (χ2v) is 6.00. The fourth-order valence-electron chi connectivity index (χ4n) is 2.50. The van der Waals surface area contributed by atoms with Crippen molar-refractivity contribution >= 4 is 11.9 Å². The van der Waals surface area contributed by atoms with Crippen molar-refractivity contribution in [3.8, 4) is 11.4 Å². The van der Waals surface area contributed by atoms with Gasteiger partial charge < -0.3 is 21.2 Å². The van der Waals surface area contributed by atoms with Crippen LogP contribution in [-0.4, -0.2) is 34.7 Å². The quantitative estimate of drug-likeness (QED) is 0.627. The third kappa shape index (κ3) is 3.31. The minimum absolute atomic E-state index is 0.0272. The number of carbonyl (C=O) groups excluding carboxylic acids is 1. The number of nitrogens with zero attached hydrogens (tertiary/aromatic N) is 2. The monoisotopic (exact) mass is 364 g/mol. The summed E-state index contributed by atoms with van der Waals surface area (Å²) in [5.74, 6) is -2.49. The fraction of sp³-hybridized carbons (Fsp3) is 0.250. The number of benzene rings is 1. The number of carbonyl (C=O) groups is 1. The van der Waals surface area contributed by atoms with Crippen LogP contribution in [0.15, 0.2) is 30.6 Å². The molecule has 1 unspecified atom stereocenters. The first-order valence-electron chi connectivity index (χ1n) is 7.70. The molecule has 0 spiro atoms. The minimum Gasteiger partial charge on any atom is -0.497 e. The number of ether oxygens (including phenoxy) is 1. The van der Waals surface area contributed by atoms with Crippen LogP contribution >= 0.6 is 0 Å². The Bertz CT molecular complexity index is 859. The van der Waals surface area contributed by atoms with E-state index in [-0.39, 0.29) is 23.9 Å². The molecule has 3 rings (SSSR count). The normalized spacial score (nSPS) is 18.6. The first-order chi connectivity index (χ1) is 12.3. The average Bonchev–Trinajstić information content (AvgIpc) is 3.19. The van der Waals surface area contributed by atoms with Crippen LogP contribution in [0.3, 0.4) is 0 Å². The van der Waals surface area contributed by atoms with Gasteiger partial charge in [-0.25, -0.2) is 19.2 Å². The highest BCUT2D eigenvalue weighted by molar-refractivity contribution is 5.92. The molecule has 0 saturated heterocycles. The number of nitrogens with one attached hydrogen (secondary N) is 3. The van der Waals surface area contributed by atoms with E-state index in [1.165, 1.54) is 13.3 Å². The topological polar surface area (TPSA) is 106 Å². The standard InChI is InChI=1S/C16H18F2N6O2/c1-16(3-4-21-23-16)8-20-14(25)12-7-24(15(19)22-12)13-10(17)5-9(26-2)6-11(13)18/h3-7,21,23H,8H2,1-2H3,(H2,19,22)(H,20,25). The number of rotatable bonds is 5. The van der Waals surface area contributed by atoms with Gasteiger partial charge in [-0.2, -0.15) is 0 Å². The van der Waals surface area contributed by atoms with Crippen molar-refractivity contribution in [2.45, 2.75) is 12.5 Å². The number of imidazole rings is 1. The van der Waals surface area contributed by atoms with Crippen molar-refractivity contribution in [2.24, 2.45) is 0 Å². The fourth-order valence-corrected chi connectivity index (χ4v) is 2.50. The van der Waals surface area contributed by atoms with Gasteiger partial charge in [-0.15, -0.1) is 0 Å². The van der Waals surface area contributed by atoms with Gasteiger partial charge >= 0.3 is 0 Å². The van der Waals surface area contributed by atoms with Crippen molar-refractivity contribution in [2.75, 3.05) is 19.4 Å². The average molecular weight is 364 g/mol. The van der Waals surface area contributed by atoms with Crippen LogP contribution in [0, 0.1) is 11.6 Å². The summed E-state index contributed by atoms with van der Waals surface area (Å²) in [7, 11) is 1.30. The molecular weight excluding hydrogens is 346 g/mol. The maximum absolute atomic E-state index is 14.2. The molecule has 0 bridgehead atoms. The first-order valence-corrected chi connectivity index (χ1v) is 7.70. The van der Waals surface area contributed by atoms with E-state index >= 15 is 0 Å². The first kappa shape index (κ1) is 17.7. The lowest BCUT2D eigenvalue weighted by Gasteiger charge is -2.22. The van der Waals surface area contributed by atoms with Gasteiger partial charge in [0.1, 0.15) is 17.1 Å². The molecule has 10 heteroatoms. The van der Waals surface area contributed by atoms with Crippen molar-refractivity contribution in [1.29, 1.82) is 0 Å². The molecule has 8 nitrogen and oxygen atoms in total. The zero-order chi connectivity index (χ0) is 18.9. The summed E-state index contributed by atoms with van der Waals surface area (Å²) in [5, 5.41) is 2.69. The molecule has 5 N–H and O–H groups in total. The summed E-state index contributed by atoms with van der Waals surface area (Å²) in [6.45, 7) is 2.15. The molecule has 0 fully saturated rings. The number of amides is 1. The molecule has 1 amide bonds. The van der Waals surface area contributed by atoms with E-state index in [9.17, 15) is 13.6 Å². The molecular formula is C16H18F2N6O2. The smallest absolute Gasteiger partial charge is 0.271 e. The third-order valence-electron chi connectivity index (χ3n) is 3.94. The maximum Gasteiger partial charge on any atom is 0.271 e. The van der Waals surface area contributed by atoms with Crippen molar-refractivity contribution in [1.82, 2.24) is 25.7 Å². The number of hydrogen-bond acceptors (Lipinski definition) is 6. The lowest BCUT2D eigenvalue weighted by Crippen LogP contribution is -2.50. The van der Waals surface area contributed by atoms with Gasteiger partial charge in [0, 0.05) is 31.1 Å². The summed E-state index contributed by atoms with van der Waals surface area (Å²) >= 11 is 0. The largest absolute Gasteiger partial charge is 0.497 e. The molecule has 2 aromatic rings. The zero-order valence-electron chi connectivity index (χ0n) is 14.1. The summed E-state index contributed by atoms with van der Waals surface area (Å²) in [5.41, 5.74) is 10.6. The Labute approximate surface area is 148 Å². The molecule has 1 atom stereocenters. The van der Waals surface area contributed by atoms with Crippen LogP contribution < -0.4 is 26.6 Å². The van der Waals surface area contributed by atoms with E-state index in [1.807, 2.05) is 13.0 Å². The molecule has 0 aliphatic carbocycles. The SMILES string of the molecule is COc1cc(F)c(-n2cc(C(=O)NCC3(C)C=CNN3)nc2N)c(F)c1. The molecule has 0 radical (unpaired) electrons. The summed E-state index contributed by atoms with van der Waals surface area (Å²) in [6.07, 6.45) is 4.74. The van der Waals surface area contributed by atoms with Crippen LogP contribution in [0.1, 0.15) is 17.4 Å². The van der Waals surface area contributed by atoms with Gasteiger partial charge in [-0.05, 0) is 13.0 Å². The predicted octanol–water partition coefficient (Wildman–Crippen LogP) is 0.851. The Balaban J connectivity index is 1.83. The second-order valence-electron chi connectivity index (χ2n) is 6.00. The number of nitrogen functional groups attached to an aromatic ring is 1. The predicted molar refractivity (Wildman–Crippen MR) is 90.6 cm³/mol. The highest BCUT2D eigenvalue weighted by atomic mass is 19.1. The summed E-state index contributed by atoms with van der Waals surface area (Å²) in [4.78, 5) is 16.2. The third-order valence-corrected chi connectivity index (χ3v) is 3.94. The summed E-state index contributed by atoms with van der Waals surface area (Å²) in [6, 6.07) is 2.03. The number of hydrazine groups is 1. The van der Waals surface area contributed by atoms with Gasteiger partial charge in [0.2, 0.25) is 5.95 Å². The highest BCUT2D eigenvalue weighted by Gasteiger charge is 2.25.